The smallest absolute Gasteiger partial charge is 0.321 e. The highest BCUT2D eigenvalue weighted by molar-refractivity contribution is 5.89. The quantitative estimate of drug-likeness (QED) is 0.894. The van der Waals surface area contributed by atoms with Crippen molar-refractivity contribution in [3.63, 3.8) is 0 Å². The molecular formula is C22H26N4O2. The van der Waals surface area contributed by atoms with E-state index in [1.807, 2.05) is 41.3 Å². The molecule has 1 unspecified atom stereocenters. The molecule has 2 aromatic rings. The first-order valence-electron chi connectivity index (χ1n) is 9.85. The Morgan fingerprint density at radius 3 is 2.32 bits per heavy atom. The van der Waals surface area contributed by atoms with Gasteiger partial charge in [-0.3, -0.25) is 4.79 Å². The van der Waals surface area contributed by atoms with Gasteiger partial charge < -0.3 is 20.0 Å². The molecule has 4 rings (SSSR count). The van der Waals surface area contributed by atoms with Gasteiger partial charge in [-0.25, -0.2) is 4.79 Å². The summed E-state index contributed by atoms with van der Waals surface area (Å²) in [5.41, 5.74) is 3.27. The second-order valence-electron chi connectivity index (χ2n) is 7.47. The average molecular weight is 378 g/mol. The number of amides is 3. The Hall–Kier alpha value is -3.02. The lowest BCUT2D eigenvalue weighted by molar-refractivity contribution is -0.131. The van der Waals surface area contributed by atoms with Crippen LogP contribution >= 0.6 is 0 Å². The van der Waals surface area contributed by atoms with Gasteiger partial charge >= 0.3 is 6.03 Å². The zero-order valence-corrected chi connectivity index (χ0v) is 16.2. The van der Waals surface area contributed by atoms with Gasteiger partial charge in [0.2, 0.25) is 5.91 Å². The number of nitrogens with zero attached hydrogens (tertiary/aromatic N) is 3. The van der Waals surface area contributed by atoms with Crippen LogP contribution in [-0.4, -0.2) is 60.5 Å². The van der Waals surface area contributed by atoms with E-state index < -0.39 is 0 Å². The predicted octanol–water partition coefficient (Wildman–Crippen LogP) is 2.81. The molecule has 0 spiro atoms. The standard InChI is InChI=1S/C22H26N4O2/c1-17-15-18-7-5-6-10-20(18)26(17)16-21(27)24-11-13-25(14-12-24)22(28)23-19-8-3-2-4-9-19/h2-10,17H,11-16H2,1H3,(H,23,28). The largest absolute Gasteiger partial charge is 0.359 e. The van der Waals surface area contributed by atoms with Gasteiger partial charge in [0, 0.05) is 43.6 Å². The van der Waals surface area contributed by atoms with Crippen molar-refractivity contribution in [3.8, 4) is 0 Å². The number of fused-ring (bicyclic) bond motifs is 1. The summed E-state index contributed by atoms with van der Waals surface area (Å²) in [5, 5.41) is 2.91. The van der Waals surface area contributed by atoms with Crippen LogP contribution in [0.5, 0.6) is 0 Å². The van der Waals surface area contributed by atoms with Gasteiger partial charge in [-0.15, -0.1) is 0 Å². The summed E-state index contributed by atoms with van der Waals surface area (Å²) < 4.78 is 0. The summed E-state index contributed by atoms with van der Waals surface area (Å²) in [4.78, 5) is 31.1. The van der Waals surface area contributed by atoms with E-state index in [-0.39, 0.29) is 11.9 Å². The fraction of sp³-hybridized carbons (Fsp3) is 0.364. The van der Waals surface area contributed by atoms with Gasteiger partial charge in [-0.05, 0) is 37.1 Å². The van der Waals surface area contributed by atoms with Gasteiger partial charge in [0.1, 0.15) is 0 Å². The van der Waals surface area contributed by atoms with Crippen LogP contribution in [-0.2, 0) is 11.2 Å². The maximum Gasteiger partial charge on any atom is 0.321 e. The van der Waals surface area contributed by atoms with Crippen molar-refractivity contribution < 1.29 is 9.59 Å². The third kappa shape index (κ3) is 3.81. The molecule has 2 aliphatic heterocycles. The SMILES string of the molecule is CC1Cc2ccccc2N1CC(=O)N1CCN(C(=O)Nc2ccccc2)CC1. The number of urea groups is 1. The molecule has 28 heavy (non-hydrogen) atoms. The van der Waals surface area contributed by atoms with Crippen molar-refractivity contribution >= 4 is 23.3 Å². The molecule has 2 heterocycles. The van der Waals surface area contributed by atoms with Crippen LogP contribution in [0.4, 0.5) is 16.2 Å². The van der Waals surface area contributed by atoms with E-state index in [1.54, 1.807) is 4.90 Å². The van der Waals surface area contributed by atoms with E-state index in [9.17, 15) is 9.59 Å². The minimum absolute atomic E-state index is 0.111. The number of para-hydroxylation sites is 2. The fourth-order valence-corrected chi connectivity index (χ4v) is 4.00. The van der Waals surface area contributed by atoms with Crippen molar-refractivity contribution in [2.45, 2.75) is 19.4 Å². The highest BCUT2D eigenvalue weighted by atomic mass is 16.2. The van der Waals surface area contributed by atoms with Crippen molar-refractivity contribution in [2.75, 3.05) is 42.9 Å². The van der Waals surface area contributed by atoms with E-state index in [0.717, 1.165) is 12.1 Å². The van der Waals surface area contributed by atoms with E-state index in [0.29, 0.717) is 38.8 Å². The van der Waals surface area contributed by atoms with Gasteiger partial charge in [-0.2, -0.15) is 0 Å². The molecule has 0 saturated carbocycles. The van der Waals surface area contributed by atoms with Crippen molar-refractivity contribution in [1.29, 1.82) is 0 Å². The van der Waals surface area contributed by atoms with Crippen LogP contribution in [0.2, 0.25) is 0 Å². The average Bonchev–Trinajstić information content (AvgIpc) is 3.04. The molecule has 2 aromatic carbocycles. The van der Waals surface area contributed by atoms with Crippen LogP contribution in [0.15, 0.2) is 54.6 Å². The number of rotatable bonds is 3. The molecule has 1 fully saturated rings. The maximum atomic E-state index is 12.8. The minimum atomic E-state index is -0.111. The Morgan fingerprint density at radius 2 is 1.57 bits per heavy atom. The molecule has 0 aromatic heterocycles. The Balaban J connectivity index is 1.30. The second-order valence-corrected chi connectivity index (χ2v) is 7.47. The predicted molar refractivity (Wildman–Crippen MR) is 111 cm³/mol. The van der Waals surface area contributed by atoms with Crippen molar-refractivity contribution in [2.24, 2.45) is 0 Å². The molecular weight excluding hydrogens is 352 g/mol. The number of hydrogen-bond donors (Lipinski definition) is 1. The first kappa shape index (κ1) is 18.3. The summed E-state index contributed by atoms with van der Waals surface area (Å²) in [6.07, 6.45) is 0.983. The molecule has 1 N–H and O–H groups in total. The molecule has 6 heteroatoms. The number of piperazine rings is 1. The van der Waals surface area contributed by atoms with Crippen LogP contribution in [0.25, 0.3) is 0 Å². The maximum absolute atomic E-state index is 12.8. The lowest BCUT2D eigenvalue weighted by Crippen LogP contribution is -2.53. The number of carbonyl (C=O) groups is 2. The number of anilines is 2. The zero-order chi connectivity index (χ0) is 19.5. The number of nitrogens with one attached hydrogen (secondary N) is 1. The third-order valence-corrected chi connectivity index (χ3v) is 5.60. The second kappa shape index (κ2) is 7.92. The summed E-state index contributed by atoms with van der Waals surface area (Å²) in [7, 11) is 0. The van der Waals surface area contributed by atoms with E-state index >= 15 is 0 Å². The summed E-state index contributed by atoms with van der Waals surface area (Å²) >= 11 is 0. The third-order valence-electron chi connectivity index (χ3n) is 5.60. The molecule has 1 saturated heterocycles. The molecule has 2 aliphatic rings. The van der Waals surface area contributed by atoms with E-state index in [1.165, 1.54) is 11.3 Å². The fourth-order valence-electron chi connectivity index (χ4n) is 4.00. The van der Waals surface area contributed by atoms with E-state index in [4.69, 9.17) is 0 Å². The Labute approximate surface area is 165 Å². The summed E-state index contributed by atoms with van der Waals surface area (Å²) in [5.74, 6) is 0.131. The van der Waals surface area contributed by atoms with Crippen LogP contribution in [0.1, 0.15) is 12.5 Å². The Bertz CT molecular complexity index is 847. The van der Waals surface area contributed by atoms with Gasteiger partial charge in [0.15, 0.2) is 0 Å². The topological polar surface area (TPSA) is 55.9 Å². The summed E-state index contributed by atoms with van der Waals surface area (Å²) in [6, 6.07) is 18.0. The normalized spacial score (nSPS) is 18.8. The van der Waals surface area contributed by atoms with Crippen LogP contribution < -0.4 is 10.2 Å². The monoisotopic (exact) mass is 378 g/mol. The van der Waals surface area contributed by atoms with Crippen molar-refractivity contribution in [1.82, 2.24) is 9.80 Å². The minimum Gasteiger partial charge on any atom is -0.359 e. The summed E-state index contributed by atoms with van der Waals surface area (Å²) in [6.45, 7) is 4.82. The Morgan fingerprint density at radius 1 is 0.929 bits per heavy atom. The molecule has 1 atom stereocenters. The first-order chi connectivity index (χ1) is 13.6. The molecule has 146 valence electrons. The molecule has 0 aliphatic carbocycles. The van der Waals surface area contributed by atoms with Gasteiger partial charge in [0.05, 0.1) is 6.54 Å². The van der Waals surface area contributed by atoms with Crippen LogP contribution in [0.3, 0.4) is 0 Å². The van der Waals surface area contributed by atoms with Crippen LogP contribution in [0, 0.1) is 0 Å². The molecule has 0 bridgehead atoms. The lowest BCUT2D eigenvalue weighted by atomic mass is 10.1. The van der Waals surface area contributed by atoms with Crippen molar-refractivity contribution in [3.05, 3.63) is 60.2 Å². The molecule has 6 nitrogen and oxygen atoms in total. The lowest BCUT2D eigenvalue weighted by Gasteiger charge is -2.36. The number of benzene rings is 2. The number of carbonyl (C=O) groups excluding carboxylic acids is 2. The number of hydrogen-bond acceptors (Lipinski definition) is 3. The highest BCUT2D eigenvalue weighted by Crippen LogP contribution is 2.31. The van der Waals surface area contributed by atoms with E-state index in [2.05, 4.69) is 35.3 Å². The zero-order valence-electron chi connectivity index (χ0n) is 16.2. The first-order valence-corrected chi connectivity index (χ1v) is 9.85. The Kier molecular flexibility index (Phi) is 5.19. The van der Waals surface area contributed by atoms with Gasteiger partial charge in [0.25, 0.3) is 0 Å². The van der Waals surface area contributed by atoms with Gasteiger partial charge in [-0.1, -0.05) is 36.4 Å². The molecule has 3 amide bonds. The highest BCUT2D eigenvalue weighted by Gasteiger charge is 2.30. The molecule has 0 radical (unpaired) electrons.